The van der Waals surface area contributed by atoms with Gasteiger partial charge in [-0.05, 0) is 61.1 Å². The van der Waals surface area contributed by atoms with Gasteiger partial charge in [-0.25, -0.2) is 22.2 Å². The van der Waals surface area contributed by atoms with Gasteiger partial charge in [0.15, 0.2) is 11.5 Å². The van der Waals surface area contributed by atoms with Gasteiger partial charge in [0, 0.05) is 48.9 Å². The second-order valence-corrected chi connectivity index (χ2v) is 15.9. The molecule has 4 N–H and O–H groups in total. The third-order valence-electron chi connectivity index (χ3n) is 9.60. The van der Waals surface area contributed by atoms with Crippen molar-refractivity contribution in [2.75, 3.05) is 29.4 Å². The largest absolute Gasteiger partial charge is 0.435 e. The molecule has 3 atom stereocenters. The number of fused-ring (bicyclic) bond motifs is 4. The van der Waals surface area contributed by atoms with Crippen molar-refractivity contribution >= 4 is 50.1 Å². The number of anilines is 2. The highest BCUT2D eigenvalue weighted by Gasteiger charge is 2.68. The molecule has 2 aliphatic rings. The summed E-state index contributed by atoms with van der Waals surface area (Å²) in [7, 11) is -2.32. The van der Waals surface area contributed by atoms with Gasteiger partial charge < -0.3 is 15.7 Å². The molecule has 0 spiro atoms. The summed E-state index contributed by atoms with van der Waals surface area (Å²) in [6.07, 6.45) is -4.35. The number of pyridine rings is 1. The summed E-state index contributed by atoms with van der Waals surface area (Å²) in [5.74, 6) is -8.93. The Bertz CT molecular complexity index is 2470. The first-order valence-corrected chi connectivity index (χ1v) is 19.3. The number of aryl methyl sites for hydroxylation is 1. The number of alkyl halides is 5. The number of aliphatic hydroxyl groups is 1. The highest BCUT2D eigenvalue weighted by molar-refractivity contribution is 7.92. The number of hydrogen-bond acceptors (Lipinski definition) is 8. The Morgan fingerprint density at radius 1 is 1.09 bits per heavy atom. The quantitative estimate of drug-likeness (QED) is 0.0802. The molecule has 7 rings (SSSR count). The van der Waals surface area contributed by atoms with Gasteiger partial charge >= 0.3 is 6.18 Å². The summed E-state index contributed by atoms with van der Waals surface area (Å²) in [4.78, 5) is 18.6. The number of hydrogen-bond donors (Lipinski definition) is 4. The average molecular weight is 829 g/mol. The van der Waals surface area contributed by atoms with Crippen LogP contribution in [0.5, 0.6) is 0 Å². The van der Waals surface area contributed by atoms with Gasteiger partial charge in [0.2, 0.25) is 15.9 Å². The number of aliphatic hydroxyl groups excluding tert-OH is 1. The molecule has 0 radical (unpaired) electrons. The van der Waals surface area contributed by atoms with Gasteiger partial charge in [0.05, 0.1) is 33.9 Å². The van der Waals surface area contributed by atoms with Crippen LogP contribution in [0.4, 0.5) is 42.4 Å². The fraction of sp³-hybridized carbons (Fsp3) is 0.371. The van der Waals surface area contributed by atoms with E-state index < -0.39 is 81.0 Å². The third-order valence-corrected chi connectivity index (χ3v) is 10.5. The molecule has 298 valence electrons. The molecule has 0 bridgehead atoms. The predicted molar refractivity (Wildman–Crippen MR) is 191 cm³/mol. The predicted octanol–water partition coefficient (Wildman–Crippen LogP) is 6.26. The van der Waals surface area contributed by atoms with Crippen LogP contribution in [0.3, 0.4) is 0 Å². The van der Waals surface area contributed by atoms with Gasteiger partial charge in [-0.3, -0.25) is 18.9 Å². The summed E-state index contributed by atoms with van der Waals surface area (Å²) in [5.41, 5.74) is -2.16. The maximum atomic E-state index is 15.4. The van der Waals surface area contributed by atoms with Crippen molar-refractivity contribution in [3.05, 3.63) is 87.3 Å². The van der Waals surface area contributed by atoms with E-state index in [9.17, 15) is 40.3 Å². The lowest BCUT2D eigenvalue weighted by Gasteiger charge is -2.24. The monoisotopic (exact) mass is 828 g/mol. The number of rotatable bonds is 13. The molecule has 21 heteroatoms. The van der Waals surface area contributed by atoms with Crippen molar-refractivity contribution in [3.63, 3.8) is 0 Å². The Labute approximate surface area is 319 Å². The molecule has 5 aromatic rings. The third kappa shape index (κ3) is 7.48. The minimum Gasteiger partial charge on any atom is -0.396 e. The normalized spacial score (nSPS) is 17.8. The Balaban J connectivity index is 1.36. The standard InChI is InChI=1S/C35H32ClF7N8O4S/c1-50-30-20(4-6-23(36)28(30)33(48-50)49-56(2,54)55)19-5-7-25(44-8-3-9-52)46-29(19)24(12-16-10-17(37)13-18(38)11-16)45-26(53)15-51-32-27(31(47-51)35(41,42)43)21-14-22(21)34(32,39)40/h4-7,10-11,13,21-22,24,52H,3,8-9,12,14-15H2,1-2H3,(H,44,46)(H,45,53)(H,48,49)/t21-,22+,24-/m0/s1. The molecule has 1 fully saturated rings. The molecule has 3 aromatic heterocycles. The summed E-state index contributed by atoms with van der Waals surface area (Å²) >= 11 is 6.55. The lowest BCUT2D eigenvalue weighted by molar-refractivity contribution is -0.142. The van der Waals surface area contributed by atoms with Crippen molar-refractivity contribution in [2.45, 2.75) is 49.9 Å². The van der Waals surface area contributed by atoms with Gasteiger partial charge in [-0.15, -0.1) is 0 Å². The Morgan fingerprint density at radius 3 is 2.45 bits per heavy atom. The first-order chi connectivity index (χ1) is 26.3. The number of nitrogens with one attached hydrogen (secondary N) is 3. The molecule has 2 aliphatic carbocycles. The lowest BCUT2D eigenvalue weighted by Crippen LogP contribution is -2.35. The summed E-state index contributed by atoms with van der Waals surface area (Å²) in [6.45, 7) is -0.995. The molecule has 0 unspecified atom stereocenters. The molecular formula is C35H32ClF7N8O4S. The number of aromatic nitrogens is 5. The van der Waals surface area contributed by atoms with Crippen LogP contribution in [0.15, 0.2) is 42.5 Å². The number of carbonyl (C=O) groups excluding carboxylic acids is 1. The van der Waals surface area contributed by atoms with E-state index in [-0.39, 0.29) is 64.9 Å². The van der Waals surface area contributed by atoms with Crippen LogP contribution >= 0.6 is 11.6 Å². The molecule has 0 aliphatic heterocycles. The van der Waals surface area contributed by atoms with Gasteiger partial charge in [-0.1, -0.05) is 17.7 Å². The highest BCUT2D eigenvalue weighted by atomic mass is 35.5. The van der Waals surface area contributed by atoms with E-state index in [1.54, 1.807) is 18.2 Å². The van der Waals surface area contributed by atoms with Crippen LogP contribution in [0.2, 0.25) is 5.02 Å². The van der Waals surface area contributed by atoms with Crippen LogP contribution < -0.4 is 15.4 Å². The summed E-state index contributed by atoms with van der Waals surface area (Å²) in [5, 5.41) is 23.0. The number of nitrogens with zero attached hydrogens (tertiary/aromatic N) is 5. The Morgan fingerprint density at radius 2 is 1.79 bits per heavy atom. The number of benzene rings is 2. The molecule has 3 heterocycles. The van der Waals surface area contributed by atoms with Crippen LogP contribution in [0.1, 0.15) is 53.0 Å². The van der Waals surface area contributed by atoms with E-state index in [1.165, 1.54) is 17.8 Å². The topological polar surface area (TPSA) is 156 Å². The number of carbonyl (C=O) groups is 1. The van der Waals surface area contributed by atoms with Crippen molar-refractivity contribution in [2.24, 2.45) is 13.0 Å². The summed E-state index contributed by atoms with van der Waals surface area (Å²) < 4.78 is 130. The van der Waals surface area contributed by atoms with E-state index in [0.717, 1.165) is 18.4 Å². The van der Waals surface area contributed by atoms with Crippen molar-refractivity contribution in [1.29, 1.82) is 0 Å². The highest BCUT2D eigenvalue weighted by Crippen LogP contribution is 2.68. The van der Waals surface area contributed by atoms with E-state index in [0.29, 0.717) is 28.2 Å². The smallest absolute Gasteiger partial charge is 0.396 e. The van der Waals surface area contributed by atoms with Crippen LogP contribution in [0.25, 0.3) is 22.0 Å². The second kappa shape index (κ2) is 14.2. The fourth-order valence-corrected chi connectivity index (χ4v) is 8.09. The fourth-order valence-electron chi connectivity index (χ4n) is 7.35. The first kappa shape index (κ1) is 39.3. The molecule has 56 heavy (non-hydrogen) atoms. The van der Waals surface area contributed by atoms with Crippen molar-refractivity contribution in [3.8, 4) is 11.1 Å². The Kier molecular flexibility index (Phi) is 9.97. The van der Waals surface area contributed by atoms with Gasteiger partial charge in [-0.2, -0.15) is 32.1 Å². The average Bonchev–Trinajstić information content (AvgIpc) is 3.62. The zero-order valence-corrected chi connectivity index (χ0v) is 30.9. The first-order valence-electron chi connectivity index (χ1n) is 17.1. The zero-order chi connectivity index (χ0) is 40.5. The SMILES string of the molecule is Cn1nc(NS(C)(=O)=O)c2c(Cl)ccc(-c3ccc(NCCCO)nc3[C@H](Cc3cc(F)cc(F)c3)NC(=O)Cn3nc(C(F)(F)F)c4c3C(F)(F)[C@@H]3C[C@H]43)c21. The number of amides is 1. The maximum Gasteiger partial charge on any atom is 0.435 e. The molecule has 2 aromatic carbocycles. The molecule has 1 amide bonds. The van der Waals surface area contributed by atoms with Crippen LogP contribution in [0, 0.1) is 17.6 Å². The zero-order valence-electron chi connectivity index (χ0n) is 29.4. The van der Waals surface area contributed by atoms with Crippen molar-refractivity contribution in [1.82, 2.24) is 29.9 Å². The summed E-state index contributed by atoms with van der Waals surface area (Å²) in [6, 6.07) is 7.45. The maximum absolute atomic E-state index is 15.4. The Hall–Kier alpha value is -4.95. The van der Waals surface area contributed by atoms with Crippen LogP contribution in [-0.4, -0.2) is 63.4 Å². The van der Waals surface area contributed by atoms with E-state index in [4.69, 9.17) is 16.6 Å². The lowest BCUT2D eigenvalue weighted by atomic mass is 9.94. The molecular weight excluding hydrogens is 797 g/mol. The minimum absolute atomic E-state index is 0.0200. The van der Waals surface area contributed by atoms with E-state index >= 15 is 8.78 Å². The van der Waals surface area contributed by atoms with Crippen LogP contribution in [-0.2, 0) is 46.9 Å². The second-order valence-electron chi connectivity index (χ2n) is 13.7. The molecule has 0 saturated heterocycles. The number of sulfonamides is 1. The molecule has 12 nitrogen and oxygen atoms in total. The minimum atomic E-state index is -5.07. The van der Waals surface area contributed by atoms with Gasteiger partial charge in [0.1, 0.15) is 29.7 Å². The van der Waals surface area contributed by atoms with Crippen molar-refractivity contribution < 1.29 is 49.1 Å². The van der Waals surface area contributed by atoms with E-state index in [1.807, 2.05) is 0 Å². The molecule has 1 saturated carbocycles. The van der Waals surface area contributed by atoms with Gasteiger partial charge in [0.25, 0.3) is 5.92 Å². The van der Waals surface area contributed by atoms with E-state index in [2.05, 4.69) is 25.6 Å². The number of halogens is 8.